The predicted molar refractivity (Wildman–Crippen MR) is 77.5 cm³/mol. The van der Waals surface area contributed by atoms with Crippen LogP contribution in [0.25, 0.3) is 0 Å². The van der Waals surface area contributed by atoms with Gasteiger partial charge in [0.25, 0.3) is 0 Å². The first kappa shape index (κ1) is 13.4. The van der Waals surface area contributed by atoms with E-state index >= 15 is 0 Å². The van der Waals surface area contributed by atoms with Crippen LogP contribution in [0.1, 0.15) is 25.3 Å². The SMILES string of the molecule is C[C@@H](Cl)C1CCCN(Cc2ccc(Br)cc2)C1. The van der Waals surface area contributed by atoms with Crippen molar-refractivity contribution in [3.05, 3.63) is 34.3 Å². The average Bonchev–Trinajstić information content (AvgIpc) is 2.32. The Morgan fingerprint density at radius 1 is 1.41 bits per heavy atom. The molecule has 2 rings (SSSR count). The van der Waals surface area contributed by atoms with Gasteiger partial charge >= 0.3 is 0 Å². The van der Waals surface area contributed by atoms with Gasteiger partial charge < -0.3 is 0 Å². The molecular formula is C14H19BrClN. The quantitative estimate of drug-likeness (QED) is 0.752. The molecule has 0 saturated carbocycles. The highest BCUT2D eigenvalue weighted by Gasteiger charge is 2.23. The zero-order chi connectivity index (χ0) is 12.3. The molecule has 1 fully saturated rings. The molecule has 0 aromatic heterocycles. The molecule has 1 heterocycles. The molecule has 2 atom stereocenters. The van der Waals surface area contributed by atoms with Crippen molar-refractivity contribution in [2.24, 2.45) is 5.92 Å². The van der Waals surface area contributed by atoms with Crippen LogP contribution in [0, 0.1) is 5.92 Å². The van der Waals surface area contributed by atoms with Crippen LogP contribution in [0.3, 0.4) is 0 Å². The standard InChI is InChI=1S/C14H19BrClN/c1-11(16)13-3-2-8-17(10-13)9-12-4-6-14(15)7-5-12/h4-7,11,13H,2-3,8-10H2,1H3/t11-,13?/m1/s1. The highest BCUT2D eigenvalue weighted by Crippen LogP contribution is 2.24. The smallest absolute Gasteiger partial charge is 0.0348 e. The molecule has 0 bridgehead atoms. The van der Waals surface area contributed by atoms with Crippen LogP contribution < -0.4 is 0 Å². The molecule has 0 aliphatic carbocycles. The van der Waals surface area contributed by atoms with E-state index in [0.29, 0.717) is 11.3 Å². The molecule has 1 nitrogen and oxygen atoms in total. The van der Waals surface area contributed by atoms with E-state index in [9.17, 15) is 0 Å². The Kier molecular flexibility index (Phi) is 4.89. The van der Waals surface area contributed by atoms with Gasteiger partial charge in [-0.1, -0.05) is 28.1 Å². The Hall–Kier alpha value is -0.0500. The van der Waals surface area contributed by atoms with Crippen molar-refractivity contribution >= 4 is 27.5 Å². The van der Waals surface area contributed by atoms with Crippen LogP contribution >= 0.6 is 27.5 Å². The molecule has 1 aliphatic heterocycles. The number of likely N-dealkylation sites (tertiary alicyclic amines) is 1. The third-order valence-corrected chi connectivity index (χ3v) is 4.40. The van der Waals surface area contributed by atoms with Gasteiger partial charge in [0.15, 0.2) is 0 Å². The molecule has 0 radical (unpaired) electrons. The lowest BCUT2D eigenvalue weighted by molar-refractivity contribution is 0.166. The van der Waals surface area contributed by atoms with Gasteiger partial charge in [-0.05, 0) is 49.9 Å². The summed E-state index contributed by atoms with van der Waals surface area (Å²) in [6.45, 7) is 5.51. The van der Waals surface area contributed by atoms with Gasteiger partial charge in [0.1, 0.15) is 0 Å². The molecule has 1 aromatic carbocycles. The fourth-order valence-corrected chi connectivity index (χ4v) is 2.93. The van der Waals surface area contributed by atoms with Crippen molar-refractivity contribution < 1.29 is 0 Å². The minimum absolute atomic E-state index is 0.294. The van der Waals surface area contributed by atoms with Gasteiger partial charge in [-0.2, -0.15) is 0 Å². The Labute approximate surface area is 117 Å². The number of nitrogens with zero attached hydrogens (tertiary/aromatic N) is 1. The maximum atomic E-state index is 6.21. The number of hydrogen-bond acceptors (Lipinski definition) is 1. The molecule has 1 aromatic rings. The van der Waals surface area contributed by atoms with E-state index in [1.807, 2.05) is 0 Å². The van der Waals surface area contributed by atoms with Gasteiger partial charge in [-0.15, -0.1) is 11.6 Å². The monoisotopic (exact) mass is 315 g/mol. The Bertz CT molecular complexity index is 350. The summed E-state index contributed by atoms with van der Waals surface area (Å²) in [5, 5.41) is 0.294. The molecule has 0 N–H and O–H groups in total. The van der Waals surface area contributed by atoms with Crippen molar-refractivity contribution in [2.45, 2.75) is 31.7 Å². The molecule has 3 heteroatoms. The zero-order valence-electron chi connectivity index (χ0n) is 10.2. The molecule has 1 unspecified atom stereocenters. The van der Waals surface area contributed by atoms with Crippen LogP contribution in [0.5, 0.6) is 0 Å². The molecular weight excluding hydrogens is 298 g/mol. The summed E-state index contributed by atoms with van der Waals surface area (Å²) in [5.74, 6) is 0.654. The van der Waals surface area contributed by atoms with E-state index in [0.717, 1.165) is 17.6 Å². The van der Waals surface area contributed by atoms with Crippen molar-refractivity contribution in [3.63, 3.8) is 0 Å². The lowest BCUT2D eigenvalue weighted by Gasteiger charge is -2.34. The minimum Gasteiger partial charge on any atom is -0.299 e. The molecule has 17 heavy (non-hydrogen) atoms. The average molecular weight is 317 g/mol. The first-order valence-electron chi connectivity index (χ1n) is 6.26. The largest absolute Gasteiger partial charge is 0.299 e. The van der Waals surface area contributed by atoms with Gasteiger partial charge in [0.05, 0.1) is 0 Å². The molecule has 0 spiro atoms. The predicted octanol–water partition coefficient (Wildman–Crippen LogP) is 4.29. The van der Waals surface area contributed by atoms with E-state index in [-0.39, 0.29) is 0 Å². The van der Waals surface area contributed by atoms with E-state index in [1.165, 1.54) is 24.9 Å². The molecule has 0 amide bonds. The topological polar surface area (TPSA) is 3.24 Å². The molecule has 1 aliphatic rings. The van der Waals surface area contributed by atoms with Crippen molar-refractivity contribution in [2.75, 3.05) is 13.1 Å². The van der Waals surface area contributed by atoms with E-state index in [2.05, 4.69) is 52.0 Å². The number of alkyl halides is 1. The van der Waals surface area contributed by atoms with Gasteiger partial charge in [0, 0.05) is 22.9 Å². The van der Waals surface area contributed by atoms with E-state index < -0.39 is 0 Å². The van der Waals surface area contributed by atoms with Crippen molar-refractivity contribution in [1.82, 2.24) is 4.90 Å². The summed E-state index contributed by atoms with van der Waals surface area (Å²) in [7, 11) is 0. The lowest BCUT2D eigenvalue weighted by atomic mass is 9.95. The minimum atomic E-state index is 0.294. The first-order valence-corrected chi connectivity index (χ1v) is 7.49. The first-order chi connectivity index (χ1) is 8.15. The Morgan fingerprint density at radius 2 is 2.12 bits per heavy atom. The number of hydrogen-bond donors (Lipinski definition) is 0. The van der Waals surface area contributed by atoms with Gasteiger partial charge in [-0.25, -0.2) is 0 Å². The highest BCUT2D eigenvalue weighted by atomic mass is 79.9. The molecule has 94 valence electrons. The summed E-state index contributed by atoms with van der Waals surface area (Å²) < 4.78 is 1.15. The third-order valence-electron chi connectivity index (χ3n) is 3.51. The Morgan fingerprint density at radius 3 is 2.76 bits per heavy atom. The summed E-state index contributed by atoms with van der Waals surface area (Å²) >= 11 is 9.68. The second-order valence-corrected chi connectivity index (χ2v) is 6.55. The van der Waals surface area contributed by atoms with Crippen LogP contribution in [0.2, 0.25) is 0 Å². The van der Waals surface area contributed by atoms with E-state index in [4.69, 9.17) is 11.6 Å². The number of halogens is 2. The fraction of sp³-hybridized carbons (Fsp3) is 0.571. The van der Waals surface area contributed by atoms with E-state index in [1.54, 1.807) is 0 Å². The maximum absolute atomic E-state index is 6.21. The summed E-state index contributed by atoms with van der Waals surface area (Å²) in [6.07, 6.45) is 2.56. The van der Waals surface area contributed by atoms with Gasteiger partial charge in [-0.3, -0.25) is 4.90 Å². The van der Waals surface area contributed by atoms with Crippen LogP contribution in [0.4, 0.5) is 0 Å². The third kappa shape index (κ3) is 3.97. The normalized spacial score (nSPS) is 23.6. The van der Waals surface area contributed by atoms with Crippen LogP contribution in [-0.2, 0) is 6.54 Å². The zero-order valence-corrected chi connectivity index (χ0v) is 12.5. The number of piperidine rings is 1. The second kappa shape index (κ2) is 6.21. The molecule has 1 saturated heterocycles. The highest BCUT2D eigenvalue weighted by molar-refractivity contribution is 9.10. The number of rotatable bonds is 3. The summed E-state index contributed by atoms with van der Waals surface area (Å²) in [6, 6.07) is 8.61. The fourth-order valence-electron chi connectivity index (χ4n) is 2.46. The Balaban J connectivity index is 1.92. The van der Waals surface area contributed by atoms with Crippen molar-refractivity contribution in [1.29, 1.82) is 0 Å². The van der Waals surface area contributed by atoms with Crippen LogP contribution in [-0.4, -0.2) is 23.4 Å². The number of benzene rings is 1. The van der Waals surface area contributed by atoms with Crippen LogP contribution in [0.15, 0.2) is 28.7 Å². The van der Waals surface area contributed by atoms with Crippen molar-refractivity contribution in [3.8, 4) is 0 Å². The maximum Gasteiger partial charge on any atom is 0.0348 e. The lowest BCUT2D eigenvalue weighted by Crippen LogP contribution is -2.37. The summed E-state index contributed by atoms with van der Waals surface area (Å²) in [4.78, 5) is 2.52. The van der Waals surface area contributed by atoms with Gasteiger partial charge in [0.2, 0.25) is 0 Å². The summed E-state index contributed by atoms with van der Waals surface area (Å²) in [5.41, 5.74) is 1.39. The second-order valence-electron chi connectivity index (χ2n) is 4.94.